The number of hydrogen-bond acceptors (Lipinski definition) is 5. The lowest BCUT2D eigenvalue weighted by atomic mass is 10.1. The van der Waals surface area contributed by atoms with Gasteiger partial charge in [0.1, 0.15) is 5.75 Å². The molecular weight excluding hydrogens is 442 g/mol. The van der Waals surface area contributed by atoms with Crippen molar-refractivity contribution in [3.8, 4) is 5.75 Å². The van der Waals surface area contributed by atoms with Crippen molar-refractivity contribution in [1.82, 2.24) is 5.43 Å². The summed E-state index contributed by atoms with van der Waals surface area (Å²) in [6, 6.07) is 18.8. The van der Waals surface area contributed by atoms with Crippen molar-refractivity contribution in [3.63, 3.8) is 0 Å². The first-order valence-corrected chi connectivity index (χ1v) is 10.4. The number of anilines is 1. The average Bonchev–Trinajstić information content (AvgIpc) is 2.80. The number of esters is 1. The molecule has 0 fully saturated rings. The zero-order chi connectivity index (χ0) is 24.0. The van der Waals surface area contributed by atoms with E-state index in [1.54, 1.807) is 61.5 Å². The van der Waals surface area contributed by atoms with Crippen molar-refractivity contribution >= 4 is 40.8 Å². The third kappa shape index (κ3) is 6.05. The van der Waals surface area contributed by atoms with Crippen LogP contribution in [0.15, 0.2) is 71.8 Å². The second kappa shape index (κ2) is 10.6. The maximum Gasteiger partial charge on any atom is 0.345 e. The van der Waals surface area contributed by atoms with Crippen LogP contribution in [0.4, 0.5) is 5.69 Å². The second-order valence-corrected chi connectivity index (χ2v) is 7.68. The molecule has 33 heavy (non-hydrogen) atoms. The van der Waals surface area contributed by atoms with E-state index in [1.165, 1.54) is 0 Å². The van der Waals surface area contributed by atoms with Crippen LogP contribution >= 0.6 is 11.6 Å². The van der Waals surface area contributed by atoms with Gasteiger partial charge < -0.3 is 10.1 Å². The van der Waals surface area contributed by atoms with Gasteiger partial charge in [-0.3, -0.25) is 9.59 Å². The van der Waals surface area contributed by atoms with Gasteiger partial charge in [-0.1, -0.05) is 48.0 Å². The number of benzene rings is 3. The maximum absolute atomic E-state index is 12.5. The first-order valence-electron chi connectivity index (χ1n) is 10.0. The first-order chi connectivity index (χ1) is 15.8. The standard InChI is InChI=1S/C25H22ClN3O4/c1-15-12-13-16(2)21(14-15)27-23(30)24(31)29-28-17(3)18-8-5-7-11-22(18)33-25(32)19-9-4-6-10-20(19)26/h4-14H,1-3H3,(H,27,30)(H,29,31)/b28-17+. The monoisotopic (exact) mass is 463 g/mol. The molecule has 0 unspecified atom stereocenters. The number of nitrogens with one attached hydrogen (secondary N) is 2. The molecule has 0 aromatic heterocycles. The van der Waals surface area contributed by atoms with E-state index in [2.05, 4.69) is 15.8 Å². The molecule has 3 aromatic carbocycles. The SMILES string of the molecule is C/C(=N\NC(=O)C(=O)Nc1cc(C)ccc1C)c1ccccc1OC(=O)c1ccccc1Cl. The van der Waals surface area contributed by atoms with E-state index < -0.39 is 17.8 Å². The van der Waals surface area contributed by atoms with E-state index in [0.717, 1.165) is 11.1 Å². The highest BCUT2D eigenvalue weighted by molar-refractivity contribution is 6.39. The quantitative estimate of drug-likeness (QED) is 0.189. The normalized spacial score (nSPS) is 11.0. The van der Waals surface area contributed by atoms with Crippen LogP contribution in [0.3, 0.4) is 0 Å². The van der Waals surface area contributed by atoms with Crippen LogP contribution in [0.1, 0.15) is 34.0 Å². The molecule has 0 aliphatic carbocycles. The lowest BCUT2D eigenvalue weighted by molar-refractivity contribution is -0.136. The number of para-hydroxylation sites is 1. The molecule has 2 N–H and O–H groups in total. The molecule has 0 saturated heterocycles. The summed E-state index contributed by atoms with van der Waals surface area (Å²) in [5.41, 5.74) is 5.59. The number of nitrogens with zero attached hydrogens (tertiary/aromatic N) is 1. The Labute approximate surface area is 196 Å². The number of hydrogen-bond donors (Lipinski definition) is 2. The molecule has 0 aliphatic rings. The minimum Gasteiger partial charge on any atom is -0.422 e. The van der Waals surface area contributed by atoms with E-state index in [0.29, 0.717) is 17.0 Å². The Balaban J connectivity index is 1.71. The number of carbonyl (C=O) groups excluding carboxylic acids is 3. The lowest BCUT2D eigenvalue weighted by Gasteiger charge is -2.11. The highest BCUT2D eigenvalue weighted by atomic mass is 35.5. The van der Waals surface area contributed by atoms with Crippen molar-refractivity contribution in [2.45, 2.75) is 20.8 Å². The van der Waals surface area contributed by atoms with Gasteiger partial charge in [0.25, 0.3) is 0 Å². The average molecular weight is 464 g/mol. The number of ether oxygens (including phenoxy) is 1. The summed E-state index contributed by atoms with van der Waals surface area (Å²) < 4.78 is 5.49. The van der Waals surface area contributed by atoms with Crippen LogP contribution in [-0.4, -0.2) is 23.5 Å². The lowest BCUT2D eigenvalue weighted by Crippen LogP contribution is -2.33. The molecule has 8 heteroatoms. The Bertz CT molecular complexity index is 1250. The van der Waals surface area contributed by atoms with Gasteiger partial charge in [-0.2, -0.15) is 5.10 Å². The number of carbonyl (C=O) groups is 3. The van der Waals surface area contributed by atoms with Crippen molar-refractivity contribution in [2.75, 3.05) is 5.32 Å². The van der Waals surface area contributed by atoms with Gasteiger partial charge in [-0.15, -0.1) is 0 Å². The fraction of sp³-hybridized carbons (Fsp3) is 0.120. The smallest absolute Gasteiger partial charge is 0.345 e. The van der Waals surface area contributed by atoms with Gasteiger partial charge in [0, 0.05) is 11.3 Å². The van der Waals surface area contributed by atoms with Gasteiger partial charge in [0.2, 0.25) is 0 Å². The summed E-state index contributed by atoms with van der Waals surface area (Å²) in [4.78, 5) is 37.0. The topological polar surface area (TPSA) is 96.9 Å². The van der Waals surface area contributed by atoms with Gasteiger partial charge >= 0.3 is 17.8 Å². The molecule has 0 spiro atoms. The Morgan fingerprint density at radius 1 is 0.879 bits per heavy atom. The highest BCUT2D eigenvalue weighted by Crippen LogP contribution is 2.23. The van der Waals surface area contributed by atoms with E-state index in [1.807, 2.05) is 26.0 Å². The predicted octanol–water partition coefficient (Wildman–Crippen LogP) is 4.65. The van der Waals surface area contributed by atoms with E-state index >= 15 is 0 Å². The van der Waals surface area contributed by atoms with Crippen molar-refractivity contribution in [1.29, 1.82) is 0 Å². The maximum atomic E-state index is 12.5. The largest absolute Gasteiger partial charge is 0.422 e. The van der Waals surface area contributed by atoms with Crippen molar-refractivity contribution < 1.29 is 19.1 Å². The van der Waals surface area contributed by atoms with Crippen LogP contribution in [0, 0.1) is 13.8 Å². The molecule has 0 aliphatic heterocycles. The summed E-state index contributed by atoms with van der Waals surface area (Å²) in [7, 11) is 0. The third-order valence-corrected chi connectivity index (χ3v) is 5.08. The predicted molar refractivity (Wildman–Crippen MR) is 128 cm³/mol. The molecule has 0 bridgehead atoms. The Morgan fingerprint density at radius 3 is 2.27 bits per heavy atom. The van der Waals surface area contributed by atoms with Crippen LogP contribution < -0.4 is 15.5 Å². The van der Waals surface area contributed by atoms with Gasteiger partial charge in [0.15, 0.2) is 0 Å². The highest BCUT2D eigenvalue weighted by Gasteiger charge is 2.17. The molecule has 3 aromatic rings. The van der Waals surface area contributed by atoms with Gasteiger partial charge in [0.05, 0.1) is 16.3 Å². The molecule has 0 radical (unpaired) electrons. The summed E-state index contributed by atoms with van der Waals surface area (Å²) in [5, 5.41) is 6.84. The molecule has 2 amide bonds. The van der Waals surface area contributed by atoms with Crippen LogP contribution in [0.25, 0.3) is 0 Å². The van der Waals surface area contributed by atoms with Crippen LogP contribution in [0.2, 0.25) is 5.02 Å². The summed E-state index contributed by atoms with van der Waals surface area (Å²) >= 11 is 6.07. The van der Waals surface area contributed by atoms with E-state index in [9.17, 15) is 14.4 Å². The Morgan fingerprint density at radius 2 is 1.55 bits per heavy atom. The molecule has 7 nitrogen and oxygen atoms in total. The zero-order valence-electron chi connectivity index (χ0n) is 18.3. The molecule has 3 rings (SSSR count). The second-order valence-electron chi connectivity index (χ2n) is 7.28. The first kappa shape index (κ1) is 23.7. The van der Waals surface area contributed by atoms with Crippen LogP contribution in [-0.2, 0) is 9.59 Å². The summed E-state index contributed by atoms with van der Waals surface area (Å²) in [5.74, 6) is -2.17. The Kier molecular flexibility index (Phi) is 7.58. The molecular formula is C25H22ClN3O4. The number of aryl methyl sites for hydroxylation is 2. The van der Waals surface area contributed by atoms with Gasteiger partial charge in [-0.05, 0) is 62.2 Å². The third-order valence-electron chi connectivity index (χ3n) is 4.75. The fourth-order valence-corrected chi connectivity index (χ4v) is 3.14. The number of rotatable bonds is 5. The van der Waals surface area contributed by atoms with E-state index in [4.69, 9.17) is 16.3 Å². The Hall–Kier alpha value is -3.97. The fourth-order valence-electron chi connectivity index (χ4n) is 2.93. The molecule has 0 atom stereocenters. The number of amides is 2. The number of halogens is 1. The van der Waals surface area contributed by atoms with Crippen molar-refractivity contribution in [2.24, 2.45) is 5.10 Å². The molecule has 0 heterocycles. The summed E-state index contributed by atoms with van der Waals surface area (Å²) in [6.07, 6.45) is 0. The molecule has 168 valence electrons. The summed E-state index contributed by atoms with van der Waals surface area (Å²) in [6.45, 7) is 5.33. The number of hydrazone groups is 1. The minimum atomic E-state index is -0.930. The van der Waals surface area contributed by atoms with Crippen molar-refractivity contribution in [3.05, 3.63) is 94.0 Å². The van der Waals surface area contributed by atoms with Gasteiger partial charge in [-0.25, -0.2) is 10.2 Å². The zero-order valence-corrected chi connectivity index (χ0v) is 19.1. The minimum absolute atomic E-state index is 0.222. The molecule has 0 saturated carbocycles. The van der Waals surface area contributed by atoms with E-state index in [-0.39, 0.29) is 16.3 Å². The van der Waals surface area contributed by atoms with Crippen LogP contribution in [0.5, 0.6) is 5.75 Å².